The normalized spacial score (nSPS) is 12.9. The third-order valence-electron chi connectivity index (χ3n) is 14.2. The molecule has 0 bridgehead atoms. The molecule has 0 N–H and O–H groups in total. The quantitative estimate of drug-likeness (QED) is 0.0261. The van der Waals surface area contributed by atoms with Gasteiger partial charge >= 0.3 is 17.9 Å². The molecule has 0 amide bonds. The number of carbonyl (C=O) groups is 3. The zero-order chi connectivity index (χ0) is 57.8. The average molecular weight is 1110 g/mol. The number of hydrogen-bond acceptors (Lipinski definition) is 6. The van der Waals surface area contributed by atoms with Crippen LogP contribution in [0.2, 0.25) is 0 Å². The largest absolute Gasteiger partial charge is 0.462 e. The second-order valence-corrected chi connectivity index (χ2v) is 22.0. The highest BCUT2D eigenvalue weighted by Crippen LogP contribution is 2.16. The van der Waals surface area contributed by atoms with Crippen molar-refractivity contribution in [3.63, 3.8) is 0 Å². The molecule has 0 aromatic carbocycles. The lowest BCUT2D eigenvalue weighted by atomic mass is 10.0. The van der Waals surface area contributed by atoms with Crippen molar-refractivity contribution in [3.05, 3.63) is 122 Å². The average Bonchev–Trinajstić information content (AvgIpc) is 3.46. The second kappa shape index (κ2) is 67.3. The van der Waals surface area contributed by atoms with Gasteiger partial charge in [-0.2, -0.15) is 0 Å². The Hall–Kier alpha value is -4.19. The van der Waals surface area contributed by atoms with Crippen molar-refractivity contribution in [3.8, 4) is 0 Å². The molecule has 0 aromatic rings. The minimum Gasteiger partial charge on any atom is -0.462 e. The summed E-state index contributed by atoms with van der Waals surface area (Å²) in [4.78, 5) is 38.3. The summed E-state index contributed by atoms with van der Waals surface area (Å²) in [6.07, 6.45) is 93.7. The Labute approximate surface area is 494 Å². The van der Waals surface area contributed by atoms with Crippen LogP contribution in [0.3, 0.4) is 0 Å². The highest BCUT2D eigenvalue weighted by Gasteiger charge is 2.19. The van der Waals surface area contributed by atoms with E-state index in [-0.39, 0.29) is 37.5 Å². The molecular formula is C74H124O6. The van der Waals surface area contributed by atoms with Gasteiger partial charge in [-0.1, -0.05) is 290 Å². The van der Waals surface area contributed by atoms with E-state index < -0.39 is 6.10 Å². The fourth-order valence-electron chi connectivity index (χ4n) is 9.15. The molecule has 0 aliphatic carbocycles. The lowest BCUT2D eigenvalue weighted by Gasteiger charge is -2.18. The maximum atomic E-state index is 12.9. The summed E-state index contributed by atoms with van der Waals surface area (Å²) in [6.45, 7) is 6.43. The van der Waals surface area contributed by atoms with Crippen LogP contribution in [0.4, 0.5) is 0 Å². The Balaban J connectivity index is 4.29. The van der Waals surface area contributed by atoms with E-state index in [1.807, 2.05) is 0 Å². The predicted octanol–water partition coefficient (Wildman–Crippen LogP) is 23.2. The molecule has 1 atom stereocenters. The summed E-state index contributed by atoms with van der Waals surface area (Å²) in [7, 11) is 0. The molecule has 0 saturated carbocycles. The molecule has 0 fully saturated rings. The molecule has 80 heavy (non-hydrogen) atoms. The van der Waals surface area contributed by atoms with Crippen LogP contribution in [-0.2, 0) is 28.6 Å². The van der Waals surface area contributed by atoms with Crippen LogP contribution in [0.25, 0.3) is 0 Å². The third-order valence-corrected chi connectivity index (χ3v) is 14.2. The first kappa shape index (κ1) is 75.8. The van der Waals surface area contributed by atoms with E-state index in [1.54, 1.807) is 0 Å². The van der Waals surface area contributed by atoms with Gasteiger partial charge in [-0.25, -0.2) is 0 Å². The van der Waals surface area contributed by atoms with Gasteiger partial charge in [-0.05, 0) is 122 Å². The third kappa shape index (κ3) is 64.6. The van der Waals surface area contributed by atoms with E-state index in [0.29, 0.717) is 19.3 Å². The fourth-order valence-corrected chi connectivity index (χ4v) is 9.15. The molecule has 0 saturated heterocycles. The zero-order valence-electron chi connectivity index (χ0n) is 52.3. The number of rotatable bonds is 60. The molecule has 0 rings (SSSR count). The van der Waals surface area contributed by atoms with E-state index in [2.05, 4.69) is 142 Å². The van der Waals surface area contributed by atoms with Crippen LogP contribution in [0.1, 0.15) is 310 Å². The van der Waals surface area contributed by atoms with Crippen LogP contribution in [-0.4, -0.2) is 37.2 Å². The molecule has 0 aromatic heterocycles. The van der Waals surface area contributed by atoms with Gasteiger partial charge < -0.3 is 14.2 Å². The summed E-state index contributed by atoms with van der Waals surface area (Å²) in [5.74, 6) is -0.974. The first-order chi connectivity index (χ1) is 39.5. The Morgan fingerprint density at radius 3 is 0.838 bits per heavy atom. The molecule has 6 heteroatoms. The highest BCUT2D eigenvalue weighted by molar-refractivity contribution is 5.71. The molecule has 0 radical (unpaired) electrons. The smallest absolute Gasteiger partial charge is 0.306 e. The Morgan fingerprint density at radius 1 is 0.263 bits per heavy atom. The molecular weight excluding hydrogens is 985 g/mol. The van der Waals surface area contributed by atoms with Gasteiger partial charge in [0.15, 0.2) is 6.10 Å². The van der Waals surface area contributed by atoms with E-state index in [4.69, 9.17) is 14.2 Å². The van der Waals surface area contributed by atoms with Gasteiger partial charge in [0.2, 0.25) is 0 Å². The fraction of sp³-hybridized carbons (Fsp3) is 0.689. The molecule has 456 valence electrons. The minimum atomic E-state index is -0.817. The molecule has 0 aliphatic heterocycles. The molecule has 0 spiro atoms. The maximum Gasteiger partial charge on any atom is 0.306 e. The molecule has 6 nitrogen and oxygen atoms in total. The summed E-state index contributed by atoms with van der Waals surface area (Å²) >= 11 is 0. The summed E-state index contributed by atoms with van der Waals surface area (Å²) in [6, 6.07) is 0. The van der Waals surface area contributed by atoms with E-state index in [1.165, 1.54) is 148 Å². The minimum absolute atomic E-state index is 0.106. The van der Waals surface area contributed by atoms with Crippen LogP contribution in [0.15, 0.2) is 122 Å². The van der Waals surface area contributed by atoms with Crippen molar-refractivity contribution in [2.24, 2.45) is 0 Å². The van der Waals surface area contributed by atoms with Crippen molar-refractivity contribution in [2.75, 3.05) is 13.2 Å². The van der Waals surface area contributed by atoms with Gasteiger partial charge in [0, 0.05) is 19.3 Å². The summed E-state index contributed by atoms with van der Waals surface area (Å²) in [5.41, 5.74) is 0. The van der Waals surface area contributed by atoms with E-state index >= 15 is 0 Å². The topological polar surface area (TPSA) is 78.9 Å². The zero-order valence-corrected chi connectivity index (χ0v) is 52.3. The van der Waals surface area contributed by atoms with Crippen molar-refractivity contribution < 1.29 is 28.6 Å². The van der Waals surface area contributed by atoms with Gasteiger partial charge in [-0.3, -0.25) is 14.4 Å². The Bertz CT molecular complexity index is 1650. The SMILES string of the molecule is CC/C=C\C/C=C\C/C=C\C/C=C\C/C=C\CCCC(=O)OC(COC(=O)CCCCCCC/C=C\C/C=C\CCCC)COC(=O)CCCCCCCCCCCCCCCCCC/C=C\C/C=C\C/C=C\CCCCCCC. The predicted molar refractivity (Wildman–Crippen MR) is 348 cm³/mol. The number of esters is 3. The number of unbranched alkanes of at least 4 members (excludes halogenated alkanes) is 29. The monoisotopic (exact) mass is 1110 g/mol. The van der Waals surface area contributed by atoms with Crippen molar-refractivity contribution in [1.82, 2.24) is 0 Å². The number of allylic oxidation sites excluding steroid dienone is 20. The highest BCUT2D eigenvalue weighted by atomic mass is 16.6. The first-order valence-corrected chi connectivity index (χ1v) is 33.5. The van der Waals surface area contributed by atoms with Gasteiger partial charge in [0.05, 0.1) is 0 Å². The van der Waals surface area contributed by atoms with Gasteiger partial charge in [0.1, 0.15) is 13.2 Å². The Kier molecular flexibility index (Phi) is 63.8. The standard InChI is InChI=1S/C74H124O6/c1-4-7-10-13-16-19-22-25-28-30-31-32-33-34-35-36-37-38-39-40-41-42-43-45-46-49-52-55-58-61-64-67-73(76)79-70-71(69-78-72(75)66-63-60-57-54-51-48-27-24-21-18-15-12-9-6-3)80-74(77)68-65-62-59-56-53-50-47-44-29-26-23-20-17-14-11-8-5-2/h8,11,15,17-18,20,22,24-27,29-31,33-34,47,50,56,59,71H,4-7,9-10,12-14,16,19,21,23,28,32,35-46,48-49,51-55,57-58,60-70H2,1-3H3/b11-8-,18-15-,20-17-,25-22-,27-24-,29-26-,31-30-,34-33-,50-47-,59-56-. The first-order valence-electron chi connectivity index (χ1n) is 33.5. The maximum absolute atomic E-state index is 12.9. The van der Waals surface area contributed by atoms with Gasteiger partial charge in [-0.15, -0.1) is 0 Å². The van der Waals surface area contributed by atoms with Crippen LogP contribution < -0.4 is 0 Å². The second-order valence-electron chi connectivity index (χ2n) is 22.0. The van der Waals surface area contributed by atoms with Crippen LogP contribution in [0, 0.1) is 0 Å². The van der Waals surface area contributed by atoms with Crippen molar-refractivity contribution in [1.29, 1.82) is 0 Å². The lowest BCUT2D eigenvalue weighted by Crippen LogP contribution is -2.30. The van der Waals surface area contributed by atoms with Crippen molar-refractivity contribution >= 4 is 17.9 Å². The summed E-state index contributed by atoms with van der Waals surface area (Å²) < 4.78 is 16.9. The number of ether oxygens (including phenoxy) is 3. The van der Waals surface area contributed by atoms with Gasteiger partial charge in [0.25, 0.3) is 0 Å². The van der Waals surface area contributed by atoms with E-state index in [0.717, 1.165) is 116 Å². The molecule has 1 unspecified atom stereocenters. The van der Waals surface area contributed by atoms with Crippen LogP contribution in [0.5, 0.6) is 0 Å². The van der Waals surface area contributed by atoms with E-state index in [9.17, 15) is 14.4 Å². The number of carbonyl (C=O) groups excluding carboxylic acids is 3. The molecule has 0 aliphatic rings. The van der Waals surface area contributed by atoms with Crippen molar-refractivity contribution in [2.45, 2.75) is 316 Å². The molecule has 0 heterocycles. The number of hydrogen-bond donors (Lipinski definition) is 0. The Morgan fingerprint density at radius 2 is 0.512 bits per heavy atom. The van der Waals surface area contributed by atoms with Crippen LogP contribution >= 0.6 is 0 Å². The summed E-state index contributed by atoms with van der Waals surface area (Å²) in [5, 5.41) is 0. The lowest BCUT2D eigenvalue weighted by molar-refractivity contribution is -0.167.